The number of benzene rings is 1. The normalized spacial score (nSPS) is 10.7. The Kier molecular flexibility index (Phi) is 3.27. The lowest BCUT2D eigenvalue weighted by molar-refractivity contribution is -0.383. The molecule has 3 aromatic rings. The second kappa shape index (κ2) is 5.24. The number of non-ortho nitro benzene ring substituents is 1. The van der Waals surface area contributed by atoms with Gasteiger partial charge in [0.15, 0.2) is 5.52 Å². The summed E-state index contributed by atoms with van der Waals surface area (Å²) in [6, 6.07) is 10.5. The summed E-state index contributed by atoms with van der Waals surface area (Å²) in [6.07, 6.45) is 1.61. The third kappa shape index (κ3) is 2.55. The number of nitro groups is 1. The number of hydrogen-bond donors (Lipinski definition) is 1. The Hall–Kier alpha value is -2.89. The maximum Gasteiger partial charge on any atom is 0.295 e. The van der Waals surface area contributed by atoms with Gasteiger partial charge in [-0.15, -0.1) is 0 Å². The van der Waals surface area contributed by atoms with Gasteiger partial charge in [-0.1, -0.05) is 12.1 Å². The summed E-state index contributed by atoms with van der Waals surface area (Å²) >= 11 is 0. The Morgan fingerprint density at radius 3 is 2.90 bits per heavy atom. The van der Waals surface area contributed by atoms with E-state index in [-0.39, 0.29) is 5.69 Å². The number of nitro benzene ring substituents is 1. The molecule has 2 heterocycles. The molecule has 0 radical (unpaired) electrons. The lowest BCUT2D eigenvalue weighted by atomic mass is 10.1. The molecule has 0 unspecified atom stereocenters. The summed E-state index contributed by atoms with van der Waals surface area (Å²) in [4.78, 5) is 15.0. The van der Waals surface area contributed by atoms with Gasteiger partial charge >= 0.3 is 0 Å². The highest BCUT2D eigenvalue weighted by atomic mass is 16.6. The Morgan fingerprint density at radius 1 is 1.33 bits per heavy atom. The van der Waals surface area contributed by atoms with Crippen molar-refractivity contribution in [2.45, 2.75) is 13.5 Å². The Labute approximate surface area is 120 Å². The third-order valence-corrected chi connectivity index (χ3v) is 3.18. The molecule has 0 saturated heterocycles. The van der Waals surface area contributed by atoms with E-state index in [4.69, 9.17) is 4.42 Å². The molecule has 1 aromatic carbocycles. The van der Waals surface area contributed by atoms with Crippen molar-refractivity contribution in [3.05, 3.63) is 64.2 Å². The van der Waals surface area contributed by atoms with E-state index in [1.807, 2.05) is 31.2 Å². The topological polar surface area (TPSA) is 81.2 Å². The van der Waals surface area contributed by atoms with Crippen molar-refractivity contribution < 1.29 is 9.34 Å². The fraction of sp³-hybridized carbons (Fsp3) is 0.133. The minimum absolute atomic E-state index is 0.0113. The van der Waals surface area contributed by atoms with Crippen molar-refractivity contribution in [2.24, 2.45) is 0 Å². The van der Waals surface area contributed by atoms with Crippen molar-refractivity contribution in [2.75, 3.05) is 5.32 Å². The third-order valence-electron chi connectivity index (χ3n) is 3.18. The smallest absolute Gasteiger partial charge is 0.295 e. The van der Waals surface area contributed by atoms with Gasteiger partial charge in [-0.25, -0.2) is 4.98 Å². The van der Waals surface area contributed by atoms with Crippen LogP contribution in [0.3, 0.4) is 0 Å². The van der Waals surface area contributed by atoms with E-state index in [0.717, 1.165) is 22.5 Å². The molecule has 2 aromatic heterocycles. The predicted molar refractivity (Wildman–Crippen MR) is 79.2 cm³/mol. The minimum atomic E-state index is -0.412. The van der Waals surface area contributed by atoms with E-state index < -0.39 is 4.92 Å². The summed E-state index contributed by atoms with van der Waals surface area (Å²) in [5, 5.41) is 15.1. The number of aromatic nitrogens is 1. The Bertz CT molecular complexity index is 797. The van der Waals surface area contributed by atoms with Gasteiger partial charge in [0, 0.05) is 22.8 Å². The lowest BCUT2D eigenvalue weighted by Crippen LogP contribution is -2.01. The van der Waals surface area contributed by atoms with Crippen LogP contribution in [0.25, 0.3) is 10.9 Å². The second-order valence-corrected chi connectivity index (χ2v) is 4.67. The highest BCUT2D eigenvalue weighted by Gasteiger charge is 2.15. The lowest BCUT2D eigenvalue weighted by Gasteiger charge is -2.09. The molecule has 1 N–H and O–H groups in total. The maximum absolute atomic E-state index is 11.1. The summed E-state index contributed by atoms with van der Waals surface area (Å²) in [5.41, 5.74) is 1.93. The van der Waals surface area contributed by atoms with Crippen LogP contribution in [0.4, 0.5) is 11.4 Å². The van der Waals surface area contributed by atoms with Crippen LogP contribution in [0.15, 0.2) is 47.1 Å². The van der Waals surface area contributed by atoms with Crippen LogP contribution in [0.2, 0.25) is 0 Å². The molecular formula is C15H13N3O3. The molecule has 3 rings (SSSR count). The highest BCUT2D eigenvalue weighted by molar-refractivity contribution is 5.96. The van der Waals surface area contributed by atoms with Gasteiger partial charge in [0.2, 0.25) is 0 Å². The van der Waals surface area contributed by atoms with Crippen LogP contribution in [0.5, 0.6) is 0 Å². The van der Waals surface area contributed by atoms with E-state index in [1.165, 1.54) is 6.07 Å². The molecule has 6 nitrogen and oxygen atoms in total. The average Bonchev–Trinajstić information content (AvgIpc) is 2.97. The Balaban J connectivity index is 2.05. The first-order valence-corrected chi connectivity index (χ1v) is 6.46. The number of pyridine rings is 1. The fourth-order valence-corrected chi connectivity index (χ4v) is 2.25. The van der Waals surface area contributed by atoms with Gasteiger partial charge < -0.3 is 9.73 Å². The van der Waals surface area contributed by atoms with Crippen LogP contribution < -0.4 is 5.32 Å². The van der Waals surface area contributed by atoms with Crippen LogP contribution >= 0.6 is 0 Å². The average molecular weight is 283 g/mol. The number of fused-ring (bicyclic) bond motifs is 1. The number of anilines is 1. The molecule has 0 amide bonds. The summed E-state index contributed by atoms with van der Waals surface area (Å²) < 4.78 is 5.27. The molecule has 0 saturated carbocycles. The van der Waals surface area contributed by atoms with Crippen molar-refractivity contribution in [1.29, 1.82) is 0 Å². The van der Waals surface area contributed by atoms with Crippen molar-refractivity contribution in [1.82, 2.24) is 4.98 Å². The monoisotopic (exact) mass is 283 g/mol. The zero-order chi connectivity index (χ0) is 14.8. The van der Waals surface area contributed by atoms with Gasteiger partial charge in [-0.3, -0.25) is 10.1 Å². The van der Waals surface area contributed by atoms with Gasteiger partial charge in [0.25, 0.3) is 5.69 Å². The number of para-hydroxylation sites is 1. The van der Waals surface area contributed by atoms with Crippen LogP contribution in [-0.4, -0.2) is 9.91 Å². The first-order chi connectivity index (χ1) is 10.1. The van der Waals surface area contributed by atoms with E-state index >= 15 is 0 Å². The molecule has 6 heteroatoms. The van der Waals surface area contributed by atoms with E-state index in [0.29, 0.717) is 12.1 Å². The second-order valence-electron chi connectivity index (χ2n) is 4.67. The fourth-order valence-electron chi connectivity index (χ4n) is 2.25. The van der Waals surface area contributed by atoms with Gasteiger partial charge in [-0.05, 0) is 25.1 Å². The number of hydrogen-bond acceptors (Lipinski definition) is 5. The molecule has 0 aliphatic heterocycles. The maximum atomic E-state index is 11.1. The zero-order valence-corrected chi connectivity index (χ0v) is 11.4. The van der Waals surface area contributed by atoms with Crippen molar-refractivity contribution in [3.8, 4) is 0 Å². The molecule has 0 aliphatic rings. The van der Waals surface area contributed by atoms with Crippen LogP contribution in [0.1, 0.15) is 11.5 Å². The van der Waals surface area contributed by atoms with Gasteiger partial charge in [-0.2, -0.15) is 0 Å². The van der Waals surface area contributed by atoms with Gasteiger partial charge in [0.1, 0.15) is 5.76 Å². The van der Waals surface area contributed by atoms with Gasteiger partial charge in [0.05, 0.1) is 17.7 Å². The van der Waals surface area contributed by atoms with E-state index in [9.17, 15) is 10.1 Å². The number of nitrogens with zero attached hydrogens (tertiary/aromatic N) is 2. The summed E-state index contributed by atoms with van der Waals surface area (Å²) in [7, 11) is 0. The van der Waals surface area contributed by atoms with E-state index in [2.05, 4.69) is 10.3 Å². The highest BCUT2D eigenvalue weighted by Crippen LogP contribution is 2.30. The summed E-state index contributed by atoms with van der Waals surface area (Å²) in [6.45, 7) is 2.32. The molecule has 0 fully saturated rings. The number of furan rings is 1. The molecular weight excluding hydrogens is 270 g/mol. The quantitative estimate of drug-likeness (QED) is 0.583. The first-order valence-electron chi connectivity index (χ1n) is 6.46. The Morgan fingerprint density at radius 2 is 2.19 bits per heavy atom. The molecule has 0 bridgehead atoms. The molecule has 0 atom stereocenters. The minimum Gasteiger partial charge on any atom is -0.467 e. The molecule has 21 heavy (non-hydrogen) atoms. The molecule has 0 spiro atoms. The number of aryl methyl sites for hydroxylation is 1. The van der Waals surface area contributed by atoms with Crippen LogP contribution in [0, 0.1) is 17.0 Å². The molecule has 106 valence electrons. The molecule has 0 aliphatic carbocycles. The van der Waals surface area contributed by atoms with Crippen molar-refractivity contribution >= 4 is 22.3 Å². The van der Waals surface area contributed by atoms with Crippen LogP contribution in [-0.2, 0) is 6.54 Å². The summed E-state index contributed by atoms with van der Waals surface area (Å²) in [5.74, 6) is 0.794. The predicted octanol–water partition coefficient (Wildman–Crippen LogP) is 3.66. The first kappa shape index (κ1) is 13.1. The number of nitrogens with one attached hydrogen (secondary N) is 1. The SMILES string of the molecule is Cc1cc(NCc2ccco2)c2cccc([N+](=O)[O-])c2n1. The van der Waals surface area contributed by atoms with Crippen molar-refractivity contribution in [3.63, 3.8) is 0 Å². The standard InChI is InChI=1S/C15H13N3O3/c1-10-8-13(16-9-11-4-3-7-21-11)12-5-2-6-14(18(19)20)15(12)17-10/h2-8H,9H2,1H3,(H,16,17). The number of rotatable bonds is 4. The van der Waals surface area contributed by atoms with E-state index in [1.54, 1.807) is 12.3 Å². The zero-order valence-electron chi connectivity index (χ0n) is 11.4. The largest absolute Gasteiger partial charge is 0.467 e.